The summed E-state index contributed by atoms with van der Waals surface area (Å²) in [7, 11) is 7.11. The minimum atomic E-state index is -2.38. The zero-order valence-electron chi connectivity index (χ0n) is 16.0. The molecule has 1 heterocycles. The number of fused-ring (bicyclic) bond motifs is 2. The van der Waals surface area contributed by atoms with E-state index in [2.05, 4.69) is 88.0 Å². The summed E-state index contributed by atoms with van der Waals surface area (Å²) in [5.41, 5.74) is 3.31. The molecule has 1 aliphatic rings. The summed E-state index contributed by atoms with van der Waals surface area (Å²) in [6.07, 6.45) is 1.16. The van der Waals surface area contributed by atoms with Gasteiger partial charge in [0.2, 0.25) is 0 Å². The van der Waals surface area contributed by atoms with Crippen molar-refractivity contribution in [2.75, 3.05) is 0 Å². The van der Waals surface area contributed by atoms with Gasteiger partial charge in [-0.15, -0.1) is 0 Å². The van der Waals surface area contributed by atoms with Crippen LogP contribution in [0.15, 0.2) is 48.5 Å². The molecular weight excluding hydrogens is 523 g/mol. The molecule has 0 aliphatic carbocycles. The van der Waals surface area contributed by atoms with E-state index >= 15 is 0 Å². The van der Waals surface area contributed by atoms with Crippen LogP contribution in [0.5, 0.6) is 0 Å². The van der Waals surface area contributed by atoms with Gasteiger partial charge in [-0.2, -0.15) is 0 Å². The monoisotopic (exact) mass is 551 g/mol. The van der Waals surface area contributed by atoms with Gasteiger partial charge in [-0.05, 0) is 0 Å². The van der Waals surface area contributed by atoms with E-state index in [1.54, 1.807) is 0 Å². The molecule has 0 amide bonds. The van der Waals surface area contributed by atoms with Crippen molar-refractivity contribution in [1.82, 2.24) is 4.90 Å². The topological polar surface area (TPSA) is 3.24 Å². The Balaban J connectivity index is 2.07. The van der Waals surface area contributed by atoms with Crippen molar-refractivity contribution in [3.05, 3.63) is 59.7 Å². The van der Waals surface area contributed by atoms with Gasteiger partial charge >= 0.3 is 165 Å². The van der Waals surface area contributed by atoms with Crippen LogP contribution in [0, 0.1) is 5.41 Å². The molecule has 0 unspecified atom stereocenters. The van der Waals surface area contributed by atoms with Crippen LogP contribution in [0.1, 0.15) is 52.2 Å². The molecule has 0 fully saturated rings. The number of hydrogen-bond acceptors (Lipinski definition) is 1. The van der Waals surface area contributed by atoms with Gasteiger partial charge in [-0.25, -0.2) is 0 Å². The number of nitrogens with zero attached hydrogens (tertiary/aromatic N) is 1. The molecule has 1 aliphatic heterocycles. The van der Waals surface area contributed by atoms with Crippen LogP contribution in [0.2, 0.25) is 0 Å². The Hall–Kier alpha value is -0.427. The average Bonchev–Trinajstić information content (AvgIpc) is 2.51. The molecule has 134 valence electrons. The van der Waals surface area contributed by atoms with Crippen molar-refractivity contribution in [2.45, 2.75) is 59.7 Å². The van der Waals surface area contributed by atoms with E-state index < -0.39 is 20.6 Å². The molecular formula is C22H29BiClN. The number of halogens is 1. The summed E-state index contributed by atoms with van der Waals surface area (Å²) in [6, 6.07) is 17.7. The Bertz CT molecular complexity index is 698. The third-order valence-electron chi connectivity index (χ3n) is 4.95. The first kappa shape index (κ1) is 19.3. The second kappa shape index (κ2) is 7.30. The van der Waals surface area contributed by atoms with E-state index in [1.807, 2.05) is 0 Å². The second-order valence-electron chi connectivity index (χ2n) is 8.94. The van der Waals surface area contributed by atoms with Crippen molar-refractivity contribution in [1.29, 1.82) is 0 Å². The summed E-state index contributed by atoms with van der Waals surface area (Å²) in [6.45, 7) is 13.8. The molecule has 0 radical (unpaired) electrons. The number of rotatable bonds is 2. The van der Waals surface area contributed by atoms with Gasteiger partial charge in [0.05, 0.1) is 0 Å². The van der Waals surface area contributed by atoms with Crippen molar-refractivity contribution in [3.63, 3.8) is 0 Å². The van der Waals surface area contributed by atoms with Crippen LogP contribution < -0.4 is 6.54 Å². The standard InChI is InChI=1S/C22H29N.Bi.ClH/c1-21(2,3)18-22(4,5)23(16-19-12-8-6-9-13-19)17-20-14-10-7-11-15-20;;/h6-12,14H,16-18H2,1-5H3;;1H/q;+1;/p-1. The molecule has 25 heavy (non-hydrogen) atoms. The fourth-order valence-corrected chi connectivity index (χ4v) is 12.8. The Morgan fingerprint density at radius 1 is 0.840 bits per heavy atom. The van der Waals surface area contributed by atoms with Crippen LogP contribution in [-0.4, -0.2) is 31.0 Å². The van der Waals surface area contributed by atoms with E-state index in [0.29, 0.717) is 5.41 Å². The first-order valence-corrected chi connectivity index (χ1v) is 16.8. The minimum absolute atomic E-state index is 0.131. The van der Waals surface area contributed by atoms with Crippen LogP contribution in [0.4, 0.5) is 0 Å². The molecule has 0 saturated carbocycles. The molecule has 0 N–H and O–H groups in total. The van der Waals surface area contributed by atoms with Gasteiger partial charge in [0.1, 0.15) is 0 Å². The number of benzene rings is 2. The van der Waals surface area contributed by atoms with Crippen molar-refractivity contribution < 1.29 is 0 Å². The summed E-state index contributed by atoms with van der Waals surface area (Å²) < 4.78 is 2.89. The van der Waals surface area contributed by atoms with Gasteiger partial charge in [-0.1, -0.05) is 0 Å². The van der Waals surface area contributed by atoms with Gasteiger partial charge in [0, 0.05) is 0 Å². The van der Waals surface area contributed by atoms with Crippen molar-refractivity contribution in [2.24, 2.45) is 5.41 Å². The fourth-order valence-electron chi connectivity index (χ4n) is 4.11. The quantitative estimate of drug-likeness (QED) is 0.495. The molecule has 2 aromatic carbocycles. The fraction of sp³-hybridized carbons (Fsp3) is 0.455. The third-order valence-corrected chi connectivity index (χ3v) is 14.8. The Kier molecular flexibility index (Phi) is 5.64. The normalized spacial score (nSPS) is 16.7. The Labute approximate surface area is 164 Å². The zero-order valence-corrected chi connectivity index (χ0v) is 20.2. The summed E-state index contributed by atoms with van der Waals surface area (Å²) in [5, 5.41) is 0. The zero-order chi connectivity index (χ0) is 18.2. The average molecular weight is 552 g/mol. The third kappa shape index (κ3) is 4.46. The van der Waals surface area contributed by atoms with Crippen LogP contribution >= 0.6 is 8.51 Å². The van der Waals surface area contributed by atoms with E-state index in [0.717, 1.165) is 19.5 Å². The van der Waals surface area contributed by atoms with Crippen LogP contribution in [-0.2, 0) is 13.1 Å². The summed E-state index contributed by atoms with van der Waals surface area (Å²) in [4.78, 5) is 2.66. The molecule has 1 nitrogen and oxygen atoms in total. The van der Waals surface area contributed by atoms with Crippen molar-refractivity contribution in [3.8, 4) is 0 Å². The summed E-state index contributed by atoms with van der Waals surface area (Å²) >= 11 is -2.38. The van der Waals surface area contributed by atoms with Gasteiger partial charge in [-0.3, -0.25) is 0 Å². The molecule has 0 bridgehead atoms. The molecule has 0 spiro atoms. The number of hydrogen-bond donors (Lipinski definition) is 0. The van der Waals surface area contributed by atoms with E-state index in [9.17, 15) is 0 Å². The predicted molar refractivity (Wildman–Crippen MR) is 111 cm³/mol. The molecule has 0 atom stereocenters. The first-order chi connectivity index (χ1) is 11.7. The van der Waals surface area contributed by atoms with E-state index in [1.165, 1.54) is 17.7 Å². The Morgan fingerprint density at radius 2 is 1.28 bits per heavy atom. The molecule has 2 aromatic rings. The molecule has 0 saturated heterocycles. The van der Waals surface area contributed by atoms with Gasteiger partial charge < -0.3 is 0 Å². The van der Waals surface area contributed by atoms with Gasteiger partial charge in [0.25, 0.3) is 0 Å². The van der Waals surface area contributed by atoms with Crippen LogP contribution in [0.3, 0.4) is 0 Å². The Morgan fingerprint density at radius 3 is 1.72 bits per heavy atom. The predicted octanol–water partition coefficient (Wildman–Crippen LogP) is 4.56. The second-order valence-corrected chi connectivity index (χ2v) is 17.8. The van der Waals surface area contributed by atoms with Gasteiger partial charge in [0.15, 0.2) is 0 Å². The van der Waals surface area contributed by atoms with E-state index in [4.69, 9.17) is 8.51 Å². The van der Waals surface area contributed by atoms with Crippen LogP contribution in [0.25, 0.3) is 0 Å². The summed E-state index contributed by atoms with van der Waals surface area (Å²) in [5.74, 6) is 0. The molecule has 3 heteroatoms. The molecule has 0 aromatic heterocycles. The maximum atomic E-state index is 7.11. The van der Waals surface area contributed by atoms with E-state index in [-0.39, 0.29) is 5.54 Å². The maximum absolute atomic E-state index is 7.11. The van der Waals surface area contributed by atoms with Crippen molar-refractivity contribution >= 4 is 35.6 Å². The SMILES string of the molecule is CC(C)(C)CC(C)(C)N1Cc2cccc[c]2[Bi]([Cl])[c]2ccccc2C1. The first-order valence-electron chi connectivity index (χ1n) is 9.04. The molecule has 3 rings (SSSR count).